The van der Waals surface area contributed by atoms with Crippen LogP contribution in [0.1, 0.15) is 52.2 Å². The number of amides is 1. The summed E-state index contributed by atoms with van der Waals surface area (Å²) in [6.07, 6.45) is 3.34. The van der Waals surface area contributed by atoms with Gasteiger partial charge in [-0.05, 0) is 54.7 Å². The number of carbonyl (C=O) groups excluding carboxylic acids is 1. The molecule has 7 heteroatoms. The van der Waals surface area contributed by atoms with Crippen LogP contribution in [0.25, 0.3) is 0 Å². The van der Waals surface area contributed by atoms with Crippen LogP contribution in [0.4, 0.5) is 0 Å². The molecule has 180 valence electrons. The van der Waals surface area contributed by atoms with Gasteiger partial charge in [-0.2, -0.15) is 0 Å². The SMILES string of the molecule is O=C(NCC1CCCc2ccccc21)c1ccc(OC2(C(=O)O)CCOc3ccccc32)c(Cl)c1. The van der Waals surface area contributed by atoms with Crippen LogP contribution in [0.5, 0.6) is 11.5 Å². The molecule has 3 aromatic rings. The molecule has 5 rings (SSSR count). The second-order valence-corrected chi connectivity index (χ2v) is 9.38. The highest BCUT2D eigenvalue weighted by Gasteiger charge is 2.47. The fourth-order valence-corrected chi connectivity index (χ4v) is 5.25. The Labute approximate surface area is 208 Å². The predicted octanol–water partition coefficient (Wildman–Crippen LogP) is 5.33. The number of aryl methyl sites for hydroxylation is 1. The molecule has 0 fully saturated rings. The Morgan fingerprint density at radius 3 is 2.74 bits per heavy atom. The molecule has 0 saturated carbocycles. The Hall–Kier alpha value is -3.51. The molecule has 2 atom stereocenters. The van der Waals surface area contributed by atoms with Crippen molar-refractivity contribution in [2.45, 2.75) is 37.2 Å². The number of carbonyl (C=O) groups is 2. The number of nitrogens with one attached hydrogen (secondary N) is 1. The highest BCUT2D eigenvalue weighted by atomic mass is 35.5. The molecular formula is C28H26ClNO5. The van der Waals surface area contributed by atoms with E-state index >= 15 is 0 Å². The summed E-state index contributed by atoms with van der Waals surface area (Å²) >= 11 is 6.47. The molecule has 1 heterocycles. The molecule has 2 N–H and O–H groups in total. The molecule has 2 unspecified atom stereocenters. The summed E-state index contributed by atoms with van der Waals surface area (Å²) in [5.74, 6) is -0.406. The smallest absolute Gasteiger partial charge is 0.353 e. The van der Waals surface area contributed by atoms with Crippen molar-refractivity contribution >= 4 is 23.5 Å². The van der Waals surface area contributed by atoms with Gasteiger partial charge in [0.25, 0.3) is 5.91 Å². The average Bonchev–Trinajstić information content (AvgIpc) is 2.88. The molecule has 0 saturated heterocycles. The van der Waals surface area contributed by atoms with Gasteiger partial charge >= 0.3 is 5.97 Å². The third-order valence-electron chi connectivity index (χ3n) is 6.86. The maximum Gasteiger partial charge on any atom is 0.353 e. The summed E-state index contributed by atoms with van der Waals surface area (Å²) in [6, 6.07) is 20.0. The molecular weight excluding hydrogens is 466 g/mol. The number of fused-ring (bicyclic) bond motifs is 2. The molecule has 1 aliphatic heterocycles. The number of halogens is 1. The summed E-state index contributed by atoms with van der Waals surface area (Å²) in [4.78, 5) is 25.2. The van der Waals surface area contributed by atoms with Gasteiger partial charge < -0.3 is 19.9 Å². The molecule has 0 bridgehead atoms. The normalized spacial score (nSPS) is 20.7. The van der Waals surface area contributed by atoms with Crippen LogP contribution < -0.4 is 14.8 Å². The van der Waals surface area contributed by atoms with Gasteiger partial charge in [-0.1, -0.05) is 54.1 Å². The maximum absolute atomic E-state index is 12.9. The first-order valence-corrected chi connectivity index (χ1v) is 12.2. The largest absolute Gasteiger partial charge is 0.493 e. The fraction of sp³-hybridized carbons (Fsp3) is 0.286. The highest BCUT2D eigenvalue weighted by molar-refractivity contribution is 6.32. The zero-order valence-electron chi connectivity index (χ0n) is 19.1. The van der Waals surface area contributed by atoms with Crippen molar-refractivity contribution in [3.05, 3.63) is 94.0 Å². The number of hydrogen-bond donors (Lipinski definition) is 2. The first-order chi connectivity index (χ1) is 17.0. The third-order valence-corrected chi connectivity index (χ3v) is 7.16. The molecule has 0 spiro atoms. The van der Waals surface area contributed by atoms with E-state index in [4.69, 9.17) is 21.1 Å². The minimum absolute atomic E-state index is 0.126. The summed E-state index contributed by atoms with van der Waals surface area (Å²) in [5.41, 5.74) is 1.85. The number of hydrogen-bond acceptors (Lipinski definition) is 4. The summed E-state index contributed by atoms with van der Waals surface area (Å²) in [6.45, 7) is 0.746. The van der Waals surface area contributed by atoms with Crippen LogP contribution in [-0.4, -0.2) is 30.1 Å². The van der Waals surface area contributed by atoms with Crippen LogP contribution >= 0.6 is 11.6 Å². The van der Waals surface area contributed by atoms with Crippen LogP contribution in [0.2, 0.25) is 5.02 Å². The Balaban J connectivity index is 1.32. The summed E-state index contributed by atoms with van der Waals surface area (Å²) in [5, 5.41) is 13.3. The van der Waals surface area contributed by atoms with Gasteiger partial charge in [0.2, 0.25) is 5.60 Å². The predicted molar refractivity (Wildman–Crippen MR) is 132 cm³/mol. The van der Waals surface area contributed by atoms with Crippen molar-refractivity contribution in [1.82, 2.24) is 5.32 Å². The maximum atomic E-state index is 12.9. The minimum atomic E-state index is -1.63. The Morgan fingerprint density at radius 1 is 1.11 bits per heavy atom. The second kappa shape index (κ2) is 9.62. The van der Waals surface area contributed by atoms with E-state index in [9.17, 15) is 14.7 Å². The van der Waals surface area contributed by atoms with Crippen LogP contribution in [-0.2, 0) is 16.8 Å². The van der Waals surface area contributed by atoms with Gasteiger partial charge in [-0.3, -0.25) is 4.79 Å². The molecule has 2 aliphatic rings. The van der Waals surface area contributed by atoms with Gasteiger partial charge in [-0.25, -0.2) is 4.79 Å². The first kappa shape index (κ1) is 23.2. The van der Waals surface area contributed by atoms with E-state index in [1.807, 2.05) is 6.07 Å². The number of ether oxygens (including phenoxy) is 2. The third kappa shape index (κ3) is 4.46. The number of carboxylic acids is 1. The van der Waals surface area contributed by atoms with E-state index in [0.29, 0.717) is 23.4 Å². The average molecular weight is 492 g/mol. The Bertz CT molecular complexity index is 1280. The van der Waals surface area contributed by atoms with Gasteiger partial charge in [-0.15, -0.1) is 0 Å². The Morgan fingerprint density at radius 2 is 1.91 bits per heavy atom. The number of carboxylic acid groups (broad SMARTS) is 1. The highest BCUT2D eigenvalue weighted by Crippen LogP contribution is 2.42. The standard InChI is InChI=1S/C28H26ClNO5/c29-23-16-19(26(31)30-17-20-8-5-7-18-6-1-2-9-21(18)20)12-13-25(23)35-28(27(32)33)14-15-34-24-11-4-3-10-22(24)28/h1-4,6,9-13,16,20H,5,7-8,14-15,17H2,(H,30,31)(H,32,33). The number of aliphatic carboxylic acids is 1. The lowest BCUT2D eigenvalue weighted by Crippen LogP contribution is -2.45. The lowest BCUT2D eigenvalue weighted by atomic mass is 9.83. The molecule has 6 nitrogen and oxygen atoms in total. The fourth-order valence-electron chi connectivity index (χ4n) is 5.03. The van der Waals surface area contributed by atoms with Crippen molar-refractivity contribution in [3.63, 3.8) is 0 Å². The van der Waals surface area contributed by atoms with Gasteiger partial charge in [0.05, 0.1) is 11.6 Å². The van der Waals surface area contributed by atoms with Crippen molar-refractivity contribution in [2.75, 3.05) is 13.2 Å². The zero-order valence-corrected chi connectivity index (χ0v) is 19.9. The lowest BCUT2D eigenvalue weighted by Gasteiger charge is -2.35. The summed E-state index contributed by atoms with van der Waals surface area (Å²) < 4.78 is 11.7. The van der Waals surface area contributed by atoms with E-state index in [0.717, 1.165) is 19.3 Å². The quantitative estimate of drug-likeness (QED) is 0.486. The van der Waals surface area contributed by atoms with Gasteiger partial charge in [0.15, 0.2) is 0 Å². The topological polar surface area (TPSA) is 84.9 Å². The second-order valence-electron chi connectivity index (χ2n) is 8.97. The number of para-hydroxylation sites is 1. The molecule has 0 aromatic heterocycles. The van der Waals surface area contributed by atoms with Gasteiger partial charge in [0, 0.05) is 30.0 Å². The van der Waals surface area contributed by atoms with Gasteiger partial charge in [0.1, 0.15) is 11.5 Å². The van der Waals surface area contributed by atoms with E-state index < -0.39 is 11.6 Å². The molecule has 35 heavy (non-hydrogen) atoms. The lowest BCUT2D eigenvalue weighted by molar-refractivity contribution is -0.159. The van der Waals surface area contributed by atoms with Crippen LogP contribution in [0.3, 0.4) is 0 Å². The Kier molecular flexibility index (Phi) is 6.39. The zero-order chi connectivity index (χ0) is 24.4. The van der Waals surface area contributed by atoms with Crippen molar-refractivity contribution in [2.24, 2.45) is 0 Å². The van der Waals surface area contributed by atoms with E-state index in [-0.39, 0.29) is 35.6 Å². The van der Waals surface area contributed by atoms with Crippen LogP contribution in [0.15, 0.2) is 66.7 Å². The van der Waals surface area contributed by atoms with Crippen molar-refractivity contribution < 1.29 is 24.2 Å². The van der Waals surface area contributed by atoms with Crippen molar-refractivity contribution in [3.8, 4) is 11.5 Å². The van der Waals surface area contributed by atoms with E-state index in [1.165, 1.54) is 17.2 Å². The molecule has 3 aromatic carbocycles. The van der Waals surface area contributed by atoms with E-state index in [1.54, 1.807) is 36.4 Å². The van der Waals surface area contributed by atoms with Crippen LogP contribution in [0, 0.1) is 0 Å². The molecule has 0 radical (unpaired) electrons. The number of rotatable bonds is 6. The molecule has 1 aliphatic carbocycles. The monoisotopic (exact) mass is 491 g/mol. The summed E-state index contributed by atoms with van der Waals surface area (Å²) in [7, 11) is 0. The van der Waals surface area contributed by atoms with Crippen molar-refractivity contribution in [1.29, 1.82) is 0 Å². The number of benzene rings is 3. The minimum Gasteiger partial charge on any atom is -0.493 e. The first-order valence-electron chi connectivity index (χ1n) is 11.8. The van der Waals surface area contributed by atoms with E-state index in [2.05, 4.69) is 23.5 Å². The molecule has 1 amide bonds.